The smallest absolute Gasteiger partial charge is 0.207 e. The van der Waals surface area contributed by atoms with Gasteiger partial charge in [-0.05, 0) is 36.6 Å². The maximum Gasteiger partial charge on any atom is 0.207 e. The van der Waals surface area contributed by atoms with Crippen LogP contribution in [-0.2, 0) is 6.42 Å². The van der Waals surface area contributed by atoms with Crippen LogP contribution in [0.2, 0.25) is 0 Å². The molecule has 2 aromatic carbocycles. The molecule has 1 unspecified atom stereocenters. The zero-order valence-corrected chi connectivity index (χ0v) is 11.7. The zero-order chi connectivity index (χ0) is 14.8. The highest BCUT2D eigenvalue weighted by Crippen LogP contribution is 2.32. The Morgan fingerprint density at radius 1 is 1.29 bits per heavy atom. The number of aromatic hydroxyl groups is 1. The number of ketones is 1. The first kappa shape index (κ1) is 13.5. The molecule has 21 heavy (non-hydrogen) atoms. The van der Waals surface area contributed by atoms with Crippen molar-refractivity contribution in [2.24, 2.45) is 0 Å². The van der Waals surface area contributed by atoms with Gasteiger partial charge in [0.1, 0.15) is 17.2 Å². The number of aryl methyl sites for hydroxylation is 1. The van der Waals surface area contributed by atoms with Crippen molar-refractivity contribution >= 4 is 5.78 Å². The molecule has 0 radical (unpaired) electrons. The second-order valence-corrected chi connectivity index (χ2v) is 5.00. The van der Waals surface area contributed by atoms with Gasteiger partial charge in [0.15, 0.2) is 6.10 Å². The van der Waals surface area contributed by atoms with Crippen LogP contribution in [0.1, 0.15) is 22.3 Å². The Labute approximate surface area is 122 Å². The number of Topliss-reactive ketones (excluding diaryl/α,β-unsaturated/α-hetero) is 1. The van der Waals surface area contributed by atoms with E-state index in [-0.39, 0.29) is 11.5 Å². The monoisotopic (exact) mass is 284 g/mol. The van der Waals surface area contributed by atoms with Gasteiger partial charge in [-0.15, -0.1) is 0 Å². The molecule has 0 aliphatic carbocycles. The SMILES string of the molecule is COc1ccccc1C(=O)C1CCc2ccc(O)cc2O1. The molecule has 4 heteroatoms. The number of benzene rings is 2. The van der Waals surface area contributed by atoms with Crippen molar-refractivity contribution in [1.29, 1.82) is 0 Å². The van der Waals surface area contributed by atoms with Crippen LogP contribution in [0.15, 0.2) is 42.5 Å². The lowest BCUT2D eigenvalue weighted by molar-refractivity contribution is 0.0752. The third-order valence-corrected chi connectivity index (χ3v) is 3.66. The molecule has 0 fully saturated rings. The van der Waals surface area contributed by atoms with E-state index in [4.69, 9.17) is 9.47 Å². The first-order chi connectivity index (χ1) is 10.2. The highest BCUT2D eigenvalue weighted by atomic mass is 16.5. The molecule has 0 spiro atoms. The predicted molar refractivity (Wildman–Crippen MR) is 78.2 cm³/mol. The largest absolute Gasteiger partial charge is 0.508 e. The number of hydrogen-bond donors (Lipinski definition) is 1. The number of rotatable bonds is 3. The van der Waals surface area contributed by atoms with E-state index in [2.05, 4.69) is 0 Å². The van der Waals surface area contributed by atoms with E-state index < -0.39 is 6.10 Å². The molecular formula is C17H16O4. The van der Waals surface area contributed by atoms with Gasteiger partial charge >= 0.3 is 0 Å². The van der Waals surface area contributed by atoms with Crippen molar-refractivity contribution in [2.45, 2.75) is 18.9 Å². The third kappa shape index (κ3) is 2.57. The fourth-order valence-electron chi connectivity index (χ4n) is 2.56. The van der Waals surface area contributed by atoms with Crippen LogP contribution in [0.3, 0.4) is 0 Å². The van der Waals surface area contributed by atoms with Crippen molar-refractivity contribution in [3.05, 3.63) is 53.6 Å². The molecule has 1 atom stereocenters. The number of ether oxygens (including phenoxy) is 2. The molecule has 1 heterocycles. The van der Waals surface area contributed by atoms with Crippen molar-refractivity contribution in [2.75, 3.05) is 7.11 Å². The number of fused-ring (bicyclic) bond motifs is 1. The van der Waals surface area contributed by atoms with Gasteiger partial charge in [0.25, 0.3) is 0 Å². The first-order valence-electron chi connectivity index (χ1n) is 6.85. The van der Waals surface area contributed by atoms with Crippen LogP contribution in [0.25, 0.3) is 0 Å². The van der Waals surface area contributed by atoms with Gasteiger partial charge in [0.05, 0.1) is 12.7 Å². The molecule has 0 saturated carbocycles. The number of carbonyl (C=O) groups excluding carboxylic acids is 1. The van der Waals surface area contributed by atoms with Crippen molar-refractivity contribution in [3.8, 4) is 17.2 Å². The summed E-state index contributed by atoms with van der Waals surface area (Å²) in [6.07, 6.45) is 0.825. The minimum Gasteiger partial charge on any atom is -0.508 e. The van der Waals surface area contributed by atoms with E-state index in [0.717, 1.165) is 12.0 Å². The Kier molecular flexibility index (Phi) is 3.52. The summed E-state index contributed by atoms with van der Waals surface area (Å²) in [5.74, 6) is 1.17. The van der Waals surface area contributed by atoms with Gasteiger partial charge in [0.2, 0.25) is 5.78 Å². The van der Waals surface area contributed by atoms with Gasteiger partial charge in [0, 0.05) is 6.07 Å². The first-order valence-corrected chi connectivity index (χ1v) is 6.85. The summed E-state index contributed by atoms with van der Waals surface area (Å²) in [6.45, 7) is 0. The highest BCUT2D eigenvalue weighted by molar-refractivity contribution is 6.02. The third-order valence-electron chi connectivity index (χ3n) is 3.66. The molecule has 0 bridgehead atoms. The molecule has 4 nitrogen and oxygen atoms in total. The molecule has 108 valence electrons. The van der Waals surface area contributed by atoms with E-state index >= 15 is 0 Å². The van der Waals surface area contributed by atoms with E-state index in [1.807, 2.05) is 12.1 Å². The molecule has 3 rings (SSSR count). The fraction of sp³-hybridized carbons (Fsp3) is 0.235. The summed E-state index contributed by atoms with van der Waals surface area (Å²) in [7, 11) is 1.54. The van der Waals surface area contributed by atoms with Crippen LogP contribution in [-0.4, -0.2) is 24.1 Å². The number of phenolic OH excluding ortho intramolecular Hbond substituents is 1. The lowest BCUT2D eigenvalue weighted by Crippen LogP contribution is -2.31. The summed E-state index contributed by atoms with van der Waals surface area (Å²) >= 11 is 0. The maximum atomic E-state index is 12.6. The number of carbonyl (C=O) groups is 1. The van der Waals surface area contributed by atoms with Crippen LogP contribution in [0.4, 0.5) is 0 Å². The second-order valence-electron chi connectivity index (χ2n) is 5.00. The van der Waals surface area contributed by atoms with E-state index in [1.165, 1.54) is 0 Å². The predicted octanol–water partition coefficient (Wildman–Crippen LogP) is 2.98. The van der Waals surface area contributed by atoms with Crippen LogP contribution >= 0.6 is 0 Å². The molecule has 1 aliphatic heterocycles. The average Bonchev–Trinajstić information content (AvgIpc) is 2.53. The Balaban J connectivity index is 1.87. The number of methoxy groups -OCH3 is 1. The van der Waals surface area contributed by atoms with Crippen molar-refractivity contribution in [3.63, 3.8) is 0 Å². The maximum absolute atomic E-state index is 12.6. The van der Waals surface area contributed by atoms with Gasteiger partial charge in [-0.25, -0.2) is 0 Å². The minimum atomic E-state index is -0.546. The van der Waals surface area contributed by atoms with Gasteiger partial charge in [-0.2, -0.15) is 0 Å². The van der Waals surface area contributed by atoms with E-state index in [9.17, 15) is 9.90 Å². The zero-order valence-electron chi connectivity index (χ0n) is 11.7. The van der Waals surface area contributed by atoms with Gasteiger partial charge < -0.3 is 14.6 Å². The molecule has 0 saturated heterocycles. The Morgan fingerprint density at radius 3 is 2.90 bits per heavy atom. The van der Waals surface area contributed by atoms with Crippen LogP contribution < -0.4 is 9.47 Å². The van der Waals surface area contributed by atoms with Gasteiger partial charge in [-0.1, -0.05) is 18.2 Å². The lowest BCUT2D eigenvalue weighted by Gasteiger charge is -2.25. The summed E-state index contributed by atoms with van der Waals surface area (Å²) in [5, 5.41) is 9.53. The minimum absolute atomic E-state index is 0.0959. The number of phenols is 1. The van der Waals surface area contributed by atoms with Crippen LogP contribution in [0, 0.1) is 0 Å². The van der Waals surface area contributed by atoms with E-state index in [1.54, 1.807) is 37.4 Å². The highest BCUT2D eigenvalue weighted by Gasteiger charge is 2.28. The molecule has 0 aromatic heterocycles. The Bertz CT molecular complexity index is 678. The van der Waals surface area contributed by atoms with Crippen LogP contribution in [0.5, 0.6) is 17.2 Å². The Morgan fingerprint density at radius 2 is 2.10 bits per heavy atom. The number of hydrogen-bond acceptors (Lipinski definition) is 4. The summed E-state index contributed by atoms with van der Waals surface area (Å²) in [4.78, 5) is 12.6. The number of para-hydroxylation sites is 1. The second kappa shape index (κ2) is 5.48. The molecule has 2 aromatic rings. The van der Waals surface area contributed by atoms with Crippen molar-refractivity contribution in [1.82, 2.24) is 0 Å². The Hall–Kier alpha value is -2.49. The summed E-state index contributed by atoms with van der Waals surface area (Å²) in [5.41, 5.74) is 1.53. The standard InChI is InChI=1S/C17H16O4/c1-20-14-5-3-2-4-13(14)17(19)15-9-7-11-6-8-12(18)10-16(11)21-15/h2-6,8,10,15,18H,7,9H2,1H3. The van der Waals surface area contributed by atoms with E-state index in [0.29, 0.717) is 23.5 Å². The summed E-state index contributed by atoms with van der Waals surface area (Å²) < 4.78 is 11.0. The lowest BCUT2D eigenvalue weighted by atomic mass is 9.96. The molecule has 1 aliphatic rings. The average molecular weight is 284 g/mol. The quantitative estimate of drug-likeness (QED) is 0.880. The normalized spacial score (nSPS) is 16.7. The topological polar surface area (TPSA) is 55.8 Å². The molecular weight excluding hydrogens is 268 g/mol. The van der Waals surface area contributed by atoms with Gasteiger partial charge in [-0.3, -0.25) is 4.79 Å². The summed E-state index contributed by atoms with van der Waals surface area (Å²) in [6, 6.07) is 12.1. The van der Waals surface area contributed by atoms with Crippen molar-refractivity contribution < 1.29 is 19.4 Å². The molecule has 1 N–H and O–H groups in total. The fourth-order valence-corrected chi connectivity index (χ4v) is 2.56. The molecule has 0 amide bonds.